The maximum absolute atomic E-state index is 12.8. The fourth-order valence-corrected chi connectivity index (χ4v) is 6.06. The van der Waals surface area contributed by atoms with E-state index in [2.05, 4.69) is 27.6 Å². The van der Waals surface area contributed by atoms with Crippen LogP contribution in [0.15, 0.2) is 97.2 Å². The van der Waals surface area contributed by atoms with E-state index in [4.69, 9.17) is 15.2 Å². The molecule has 2 amide bonds. The number of aromatic nitrogens is 1. The number of hydrogen-bond donors (Lipinski definition) is 4. The van der Waals surface area contributed by atoms with Gasteiger partial charge in [0.15, 0.2) is 6.29 Å². The van der Waals surface area contributed by atoms with E-state index in [0.717, 1.165) is 67.6 Å². The van der Waals surface area contributed by atoms with Gasteiger partial charge in [0.05, 0.1) is 30.2 Å². The summed E-state index contributed by atoms with van der Waals surface area (Å²) in [7, 11) is 2.09. The number of ether oxygens (including phenoxy) is 2. The van der Waals surface area contributed by atoms with Crippen molar-refractivity contribution in [2.75, 3.05) is 36.5 Å². The largest absolute Gasteiger partial charge is 0.397 e. The molecule has 0 saturated carbocycles. The molecule has 5 rings (SSSR count). The van der Waals surface area contributed by atoms with Gasteiger partial charge in [0.2, 0.25) is 11.8 Å². The third-order valence-electron chi connectivity index (χ3n) is 8.84. The minimum atomic E-state index is -0.618. The van der Waals surface area contributed by atoms with Gasteiger partial charge in [0.1, 0.15) is 0 Å². The van der Waals surface area contributed by atoms with E-state index in [1.807, 2.05) is 85.1 Å². The molecule has 0 aliphatic carbocycles. The second kappa shape index (κ2) is 19.0. The van der Waals surface area contributed by atoms with E-state index in [1.54, 1.807) is 12.1 Å². The Bertz CT molecular complexity index is 1650. The molecule has 10 heteroatoms. The topological polar surface area (TPSA) is 139 Å². The highest BCUT2D eigenvalue weighted by Gasteiger charge is 2.33. The summed E-state index contributed by atoms with van der Waals surface area (Å²) < 4.78 is 13.1. The Morgan fingerprint density at radius 3 is 2.32 bits per heavy atom. The van der Waals surface area contributed by atoms with Gasteiger partial charge < -0.3 is 35.8 Å². The van der Waals surface area contributed by atoms with Crippen molar-refractivity contribution in [2.24, 2.45) is 0 Å². The molecule has 3 atom stereocenters. The van der Waals surface area contributed by atoms with Gasteiger partial charge in [-0.25, -0.2) is 0 Å². The molecule has 2 heterocycles. The first-order chi connectivity index (χ1) is 24.4. The highest BCUT2D eigenvalue weighted by molar-refractivity contribution is 5.93. The van der Waals surface area contributed by atoms with Gasteiger partial charge in [0, 0.05) is 61.9 Å². The van der Waals surface area contributed by atoms with Crippen LogP contribution in [0.25, 0.3) is 0 Å². The summed E-state index contributed by atoms with van der Waals surface area (Å²) in [5.74, 6) is -0.115. The van der Waals surface area contributed by atoms with E-state index in [1.165, 1.54) is 0 Å². The van der Waals surface area contributed by atoms with Gasteiger partial charge in [-0.2, -0.15) is 0 Å². The number of nitrogens with zero attached hydrogens (tertiary/aromatic N) is 2. The van der Waals surface area contributed by atoms with Crippen molar-refractivity contribution in [3.8, 4) is 0 Å². The average Bonchev–Trinajstić information content (AvgIpc) is 3.13. The predicted octanol–water partition coefficient (Wildman–Crippen LogP) is 6.79. The average molecular weight is 680 g/mol. The Morgan fingerprint density at radius 1 is 0.860 bits per heavy atom. The molecule has 0 bridgehead atoms. The minimum Gasteiger partial charge on any atom is -0.397 e. The fourth-order valence-electron chi connectivity index (χ4n) is 6.06. The first-order valence-electron chi connectivity index (χ1n) is 17.5. The van der Waals surface area contributed by atoms with E-state index in [9.17, 15) is 14.7 Å². The van der Waals surface area contributed by atoms with Crippen molar-refractivity contribution in [2.45, 2.75) is 76.5 Å². The number of pyridine rings is 1. The van der Waals surface area contributed by atoms with E-state index in [-0.39, 0.29) is 30.6 Å². The lowest BCUT2D eigenvalue weighted by atomic mass is 9.99. The normalized spacial score (nSPS) is 17.4. The third kappa shape index (κ3) is 11.5. The Balaban J connectivity index is 1.11. The molecule has 0 spiro atoms. The summed E-state index contributed by atoms with van der Waals surface area (Å²) in [6.07, 6.45) is 6.46. The number of rotatable bonds is 17. The summed E-state index contributed by atoms with van der Waals surface area (Å²) in [6, 6.07) is 28.7. The van der Waals surface area contributed by atoms with Crippen LogP contribution in [0, 0.1) is 0 Å². The zero-order chi connectivity index (χ0) is 35.1. The van der Waals surface area contributed by atoms with Crippen LogP contribution in [0.4, 0.5) is 17.1 Å². The van der Waals surface area contributed by atoms with E-state index < -0.39 is 6.29 Å². The Morgan fingerprint density at radius 2 is 1.60 bits per heavy atom. The van der Waals surface area contributed by atoms with Crippen LogP contribution in [0.5, 0.6) is 0 Å². The number of para-hydroxylation sites is 2. The molecule has 1 aliphatic rings. The fraction of sp³-hybridized carbons (Fsp3) is 0.375. The van der Waals surface area contributed by atoms with Gasteiger partial charge in [-0.15, -0.1) is 0 Å². The van der Waals surface area contributed by atoms with Crippen LogP contribution < -0.4 is 16.4 Å². The second-order valence-corrected chi connectivity index (χ2v) is 12.9. The van der Waals surface area contributed by atoms with Gasteiger partial charge in [-0.1, -0.05) is 67.4 Å². The number of nitrogen functional groups attached to an aromatic ring is 1. The first-order valence-corrected chi connectivity index (χ1v) is 17.5. The quantitative estimate of drug-likeness (QED) is 0.0707. The zero-order valence-electron chi connectivity index (χ0n) is 28.8. The molecule has 4 aromatic rings. The number of benzene rings is 3. The van der Waals surface area contributed by atoms with Crippen molar-refractivity contribution in [1.82, 2.24) is 9.88 Å². The number of nitrogens with one attached hydrogen (secondary N) is 2. The molecule has 0 unspecified atom stereocenters. The molecule has 3 aromatic carbocycles. The molecular weight excluding hydrogens is 630 g/mol. The van der Waals surface area contributed by atoms with Gasteiger partial charge in [-0.05, 0) is 67.4 Å². The summed E-state index contributed by atoms with van der Waals surface area (Å²) in [5, 5.41) is 15.4. The number of nitrogens with two attached hydrogens (primary N) is 1. The maximum atomic E-state index is 12.8. The molecule has 0 radical (unpaired) electrons. The number of anilines is 3. The molecule has 5 N–H and O–H groups in total. The van der Waals surface area contributed by atoms with Crippen LogP contribution in [0.1, 0.15) is 79.7 Å². The molecule has 50 heavy (non-hydrogen) atoms. The summed E-state index contributed by atoms with van der Waals surface area (Å²) in [6.45, 7) is 1.56. The lowest BCUT2D eigenvalue weighted by Crippen LogP contribution is -2.38. The van der Waals surface area contributed by atoms with E-state index in [0.29, 0.717) is 36.3 Å². The van der Waals surface area contributed by atoms with Crippen molar-refractivity contribution < 1.29 is 24.2 Å². The highest BCUT2D eigenvalue weighted by atomic mass is 16.7. The van der Waals surface area contributed by atoms with Crippen molar-refractivity contribution in [3.05, 3.63) is 120 Å². The Labute approximate surface area is 295 Å². The summed E-state index contributed by atoms with van der Waals surface area (Å²) in [5.41, 5.74) is 11.5. The van der Waals surface area contributed by atoms with Crippen LogP contribution in [-0.2, 0) is 32.1 Å². The van der Waals surface area contributed by atoms with Gasteiger partial charge >= 0.3 is 0 Å². The predicted molar refractivity (Wildman–Crippen MR) is 196 cm³/mol. The van der Waals surface area contributed by atoms with Crippen LogP contribution in [0.3, 0.4) is 0 Å². The Kier molecular flexibility index (Phi) is 13.9. The molecule has 10 nitrogen and oxygen atoms in total. The summed E-state index contributed by atoms with van der Waals surface area (Å²) in [4.78, 5) is 31.8. The molecule has 1 fully saturated rings. The highest BCUT2D eigenvalue weighted by Crippen LogP contribution is 2.38. The SMILES string of the molecule is CN(CCc1ccccn1)C[C@@H]1C[C@H](c2ccc(CO)cc2)O[C@H](c2cccc(NC(=O)CCCCCCC(=O)Nc3ccccc3N)c2)O1. The number of aliphatic hydroxyl groups excluding tert-OH is 1. The molecular formula is C40H49N5O5. The smallest absolute Gasteiger partial charge is 0.224 e. The van der Waals surface area contributed by atoms with Crippen molar-refractivity contribution >= 4 is 28.9 Å². The number of carbonyl (C=O) groups excluding carboxylic acids is 2. The minimum absolute atomic E-state index is 0.0100. The van der Waals surface area contributed by atoms with Gasteiger partial charge in [-0.3, -0.25) is 14.6 Å². The number of hydrogen-bond acceptors (Lipinski definition) is 8. The zero-order valence-corrected chi connectivity index (χ0v) is 28.8. The van der Waals surface area contributed by atoms with Crippen molar-refractivity contribution in [1.29, 1.82) is 0 Å². The Hall–Kier alpha value is -4.61. The molecule has 1 aromatic heterocycles. The lowest BCUT2D eigenvalue weighted by molar-refractivity contribution is -0.252. The van der Waals surface area contributed by atoms with Crippen LogP contribution >= 0.6 is 0 Å². The monoisotopic (exact) mass is 679 g/mol. The van der Waals surface area contributed by atoms with E-state index >= 15 is 0 Å². The molecule has 1 aliphatic heterocycles. The van der Waals surface area contributed by atoms with Crippen LogP contribution in [-0.4, -0.2) is 53.0 Å². The number of likely N-dealkylation sites (N-methyl/N-ethyl adjacent to an activating group) is 1. The standard InChI is InChI=1S/C40H49N5O5/c1-45(24-22-32-12-8-9-23-42-32)27-34-26-37(30-20-18-29(28-46)19-21-30)50-40(49-34)31-11-10-13-33(25-31)43-38(47)16-4-2-3-5-17-39(48)44-36-15-7-6-14-35(36)41/h6-15,18-21,23,25,34,37,40,46H,2-5,16-17,22,24,26-28,41H2,1H3,(H,43,47)(H,44,48)/t34-,37+,40+/m0/s1. The number of aliphatic hydroxyl groups is 1. The lowest BCUT2D eigenvalue weighted by Gasteiger charge is -2.38. The molecule has 1 saturated heterocycles. The van der Waals surface area contributed by atoms with Gasteiger partial charge in [0.25, 0.3) is 0 Å². The summed E-state index contributed by atoms with van der Waals surface area (Å²) >= 11 is 0. The molecule has 264 valence electrons. The van der Waals surface area contributed by atoms with Crippen molar-refractivity contribution in [3.63, 3.8) is 0 Å². The second-order valence-electron chi connectivity index (χ2n) is 12.9. The number of carbonyl (C=O) groups is 2. The van der Waals surface area contributed by atoms with Crippen LogP contribution in [0.2, 0.25) is 0 Å². The number of unbranched alkanes of at least 4 members (excludes halogenated alkanes) is 3. The third-order valence-corrected chi connectivity index (χ3v) is 8.84. The maximum Gasteiger partial charge on any atom is 0.224 e. The number of amides is 2. The first kappa shape index (κ1) is 36.7.